The summed E-state index contributed by atoms with van der Waals surface area (Å²) in [6, 6.07) is 13.4. The summed E-state index contributed by atoms with van der Waals surface area (Å²) in [7, 11) is -1.92. The van der Waals surface area contributed by atoms with Crippen LogP contribution in [0.25, 0.3) is 0 Å². The number of carbonyl (C=O) groups excluding carboxylic acids is 1. The number of carbonyl (C=O) groups is 1. The molecule has 0 fully saturated rings. The highest BCUT2D eigenvalue weighted by atomic mass is 32.2. The number of sulfonamides is 1. The van der Waals surface area contributed by atoms with Crippen molar-refractivity contribution in [3.8, 4) is 0 Å². The first-order chi connectivity index (χ1) is 10.7. The Hall–Kier alpha value is -2.34. The zero-order valence-electron chi connectivity index (χ0n) is 13.2. The summed E-state index contributed by atoms with van der Waals surface area (Å²) in [4.78, 5) is 14.1. The maximum Gasteiger partial charge on any atom is 0.261 e. The topological polar surface area (TPSA) is 66.5 Å². The number of anilines is 2. The van der Waals surface area contributed by atoms with E-state index in [2.05, 4.69) is 4.72 Å². The first-order valence-corrected chi connectivity index (χ1v) is 8.72. The molecule has 120 valence electrons. The van der Waals surface area contributed by atoms with Gasteiger partial charge in [-0.05, 0) is 49.7 Å². The molecule has 0 aliphatic carbocycles. The number of likely N-dealkylation sites (N-methyl/N-ethyl adjacent to an activating group) is 1. The molecular weight excluding hydrogens is 312 g/mol. The number of nitrogens with one attached hydrogen (secondary N) is 1. The molecule has 0 spiro atoms. The van der Waals surface area contributed by atoms with E-state index in [1.54, 1.807) is 48.3 Å². The van der Waals surface area contributed by atoms with Gasteiger partial charge < -0.3 is 4.90 Å². The van der Waals surface area contributed by atoms with Crippen LogP contribution >= 0.6 is 0 Å². The first-order valence-electron chi connectivity index (χ1n) is 7.24. The molecule has 23 heavy (non-hydrogen) atoms. The number of hydrogen-bond donors (Lipinski definition) is 1. The SMILES string of the molecule is CN1C(=O)C(C)(C)c2cc(NS(=O)(=O)c3ccccc3)ccc21. The third-order valence-electron chi connectivity index (χ3n) is 4.18. The first kappa shape index (κ1) is 15.6. The summed E-state index contributed by atoms with van der Waals surface area (Å²) in [6.45, 7) is 3.68. The van der Waals surface area contributed by atoms with Crippen molar-refractivity contribution in [1.82, 2.24) is 0 Å². The van der Waals surface area contributed by atoms with Gasteiger partial charge in [0.15, 0.2) is 0 Å². The fourth-order valence-corrected chi connectivity index (χ4v) is 3.92. The summed E-state index contributed by atoms with van der Waals surface area (Å²) in [6.07, 6.45) is 0. The summed E-state index contributed by atoms with van der Waals surface area (Å²) >= 11 is 0. The lowest BCUT2D eigenvalue weighted by Crippen LogP contribution is -2.33. The lowest BCUT2D eigenvalue weighted by Gasteiger charge is -2.17. The van der Waals surface area contributed by atoms with Crippen molar-refractivity contribution in [3.63, 3.8) is 0 Å². The maximum atomic E-state index is 12.4. The monoisotopic (exact) mass is 330 g/mol. The van der Waals surface area contributed by atoms with E-state index in [-0.39, 0.29) is 10.8 Å². The van der Waals surface area contributed by atoms with Gasteiger partial charge in [-0.15, -0.1) is 0 Å². The Morgan fingerprint density at radius 2 is 1.70 bits per heavy atom. The minimum absolute atomic E-state index is 0.00411. The van der Waals surface area contributed by atoms with E-state index < -0.39 is 15.4 Å². The van der Waals surface area contributed by atoms with Crippen LogP contribution in [-0.4, -0.2) is 21.4 Å². The molecule has 2 aromatic rings. The average molecular weight is 330 g/mol. The Balaban J connectivity index is 1.99. The lowest BCUT2D eigenvalue weighted by molar-refractivity contribution is -0.121. The number of amides is 1. The molecule has 0 unspecified atom stereocenters. The molecule has 0 saturated heterocycles. The van der Waals surface area contributed by atoms with Crippen molar-refractivity contribution in [3.05, 3.63) is 54.1 Å². The van der Waals surface area contributed by atoms with Crippen LogP contribution in [-0.2, 0) is 20.2 Å². The van der Waals surface area contributed by atoms with Crippen molar-refractivity contribution in [2.24, 2.45) is 0 Å². The molecule has 0 radical (unpaired) electrons. The molecule has 1 heterocycles. The zero-order chi connectivity index (χ0) is 16.8. The second kappa shape index (κ2) is 5.09. The standard InChI is InChI=1S/C17H18N2O3S/c1-17(2)14-11-12(9-10-15(14)19(3)16(17)20)18-23(21,22)13-7-5-4-6-8-13/h4-11,18H,1-3H3. The number of rotatable bonds is 3. The van der Waals surface area contributed by atoms with Crippen LogP contribution in [0.15, 0.2) is 53.4 Å². The van der Waals surface area contributed by atoms with Crippen molar-refractivity contribution in [1.29, 1.82) is 0 Å². The summed E-state index contributed by atoms with van der Waals surface area (Å²) in [5.41, 5.74) is 1.41. The molecule has 1 aliphatic heterocycles. The van der Waals surface area contributed by atoms with E-state index in [0.29, 0.717) is 5.69 Å². The van der Waals surface area contributed by atoms with E-state index in [9.17, 15) is 13.2 Å². The molecule has 2 aromatic carbocycles. The second-order valence-electron chi connectivity index (χ2n) is 6.14. The van der Waals surface area contributed by atoms with E-state index in [4.69, 9.17) is 0 Å². The van der Waals surface area contributed by atoms with Crippen LogP contribution in [0.5, 0.6) is 0 Å². The van der Waals surface area contributed by atoms with Crippen LogP contribution in [0.3, 0.4) is 0 Å². The van der Waals surface area contributed by atoms with Gasteiger partial charge in [-0.3, -0.25) is 9.52 Å². The number of benzene rings is 2. The smallest absolute Gasteiger partial charge is 0.261 e. The van der Waals surface area contributed by atoms with Crippen molar-refractivity contribution in [2.75, 3.05) is 16.7 Å². The molecule has 1 N–H and O–H groups in total. The molecule has 0 aromatic heterocycles. The minimum atomic E-state index is -3.64. The normalized spacial score (nSPS) is 16.3. The highest BCUT2D eigenvalue weighted by Crippen LogP contribution is 2.42. The second-order valence-corrected chi connectivity index (χ2v) is 7.82. The maximum absolute atomic E-state index is 12.4. The quantitative estimate of drug-likeness (QED) is 0.941. The van der Waals surface area contributed by atoms with Crippen LogP contribution in [0.4, 0.5) is 11.4 Å². The van der Waals surface area contributed by atoms with Gasteiger partial charge in [0.05, 0.1) is 10.3 Å². The van der Waals surface area contributed by atoms with E-state index in [1.165, 1.54) is 12.1 Å². The third-order valence-corrected chi connectivity index (χ3v) is 5.57. The predicted molar refractivity (Wildman–Crippen MR) is 90.1 cm³/mol. The molecule has 1 aliphatic rings. The highest BCUT2D eigenvalue weighted by Gasteiger charge is 2.42. The van der Waals surface area contributed by atoms with Crippen LogP contribution in [0.1, 0.15) is 19.4 Å². The summed E-state index contributed by atoms with van der Waals surface area (Å²) in [5.74, 6) is -0.00411. The molecular formula is C17H18N2O3S. The largest absolute Gasteiger partial charge is 0.314 e. The predicted octanol–water partition coefficient (Wildman–Crippen LogP) is 2.74. The average Bonchev–Trinajstić information content (AvgIpc) is 2.69. The Bertz CT molecular complexity index is 874. The molecule has 0 atom stereocenters. The van der Waals surface area contributed by atoms with Crippen LogP contribution < -0.4 is 9.62 Å². The van der Waals surface area contributed by atoms with Gasteiger partial charge in [0.25, 0.3) is 10.0 Å². The van der Waals surface area contributed by atoms with Crippen molar-refractivity contribution in [2.45, 2.75) is 24.2 Å². The third kappa shape index (κ3) is 2.49. The Kier molecular flexibility index (Phi) is 3.44. The molecule has 5 nitrogen and oxygen atoms in total. The van der Waals surface area contributed by atoms with E-state index in [1.807, 2.05) is 13.8 Å². The van der Waals surface area contributed by atoms with Gasteiger partial charge in [0, 0.05) is 18.4 Å². The summed E-state index contributed by atoms with van der Waals surface area (Å²) in [5, 5.41) is 0. The van der Waals surface area contributed by atoms with Crippen molar-refractivity contribution < 1.29 is 13.2 Å². The number of hydrogen-bond acceptors (Lipinski definition) is 3. The molecule has 0 bridgehead atoms. The van der Waals surface area contributed by atoms with Gasteiger partial charge in [-0.25, -0.2) is 8.42 Å². The van der Waals surface area contributed by atoms with Gasteiger partial charge >= 0.3 is 0 Å². The molecule has 0 saturated carbocycles. The number of nitrogens with zero attached hydrogens (tertiary/aromatic N) is 1. The Labute approximate surface area is 136 Å². The van der Waals surface area contributed by atoms with E-state index in [0.717, 1.165) is 11.3 Å². The highest BCUT2D eigenvalue weighted by molar-refractivity contribution is 7.92. The molecule has 3 rings (SSSR count). The summed E-state index contributed by atoms with van der Waals surface area (Å²) < 4.78 is 27.4. The van der Waals surface area contributed by atoms with Gasteiger partial charge in [-0.2, -0.15) is 0 Å². The van der Waals surface area contributed by atoms with Crippen molar-refractivity contribution >= 4 is 27.3 Å². The lowest BCUT2D eigenvalue weighted by atomic mass is 9.86. The van der Waals surface area contributed by atoms with Gasteiger partial charge in [0.2, 0.25) is 5.91 Å². The van der Waals surface area contributed by atoms with Crippen LogP contribution in [0, 0.1) is 0 Å². The zero-order valence-corrected chi connectivity index (χ0v) is 14.0. The van der Waals surface area contributed by atoms with E-state index >= 15 is 0 Å². The fourth-order valence-electron chi connectivity index (χ4n) is 2.85. The molecule has 1 amide bonds. The minimum Gasteiger partial charge on any atom is -0.314 e. The molecule has 6 heteroatoms. The number of fused-ring (bicyclic) bond motifs is 1. The fraction of sp³-hybridized carbons (Fsp3) is 0.235. The van der Waals surface area contributed by atoms with Crippen LogP contribution in [0.2, 0.25) is 0 Å². The Morgan fingerprint density at radius 3 is 2.35 bits per heavy atom. The Morgan fingerprint density at radius 1 is 1.04 bits per heavy atom. The van der Waals surface area contributed by atoms with Gasteiger partial charge in [0.1, 0.15) is 0 Å². The van der Waals surface area contributed by atoms with Gasteiger partial charge in [-0.1, -0.05) is 18.2 Å².